The number of aliphatic imine (C=N–C) groups is 1. The van der Waals surface area contributed by atoms with E-state index in [-0.39, 0.29) is 5.97 Å². The van der Waals surface area contributed by atoms with Crippen molar-refractivity contribution >= 4 is 29.2 Å². The third kappa shape index (κ3) is 6.78. The number of rotatable bonds is 9. The predicted molar refractivity (Wildman–Crippen MR) is 114 cm³/mol. The van der Waals surface area contributed by atoms with Crippen molar-refractivity contribution in [2.45, 2.75) is 38.1 Å². The van der Waals surface area contributed by atoms with Crippen LogP contribution in [0.3, 0.4) is 0 Å². The minimum Gasteiger partial charge on any atom is -0.495 e. The first-order chi connectivity index (χ1) is 13.6. The highest BCUT2D eigenvalue weighted by molar-refractivity contribution is 6.30. The van der Waals surface area contributed by atoms with Crippen LogP contribution in [0.15, 0.2) is 23.2 Å². The molecule has 0 radical (unpaired) electrons. The van der Waals surface area contributed by atoms with Gasteiger partial charge in [0.25, 0.3) is 0 Å². The minimum absolute atomic E-state index is 0.146. The van der Waals surface area contributed by atoms with Crippen molar-refractivity contribution in [2.75, 3.05) is 45.8 Å². The normalized spacial score (nSPS) is 16.8. The van der Waals surface area contributed by atoms with Crippen molar-refractivity contribution in [1.82, 2.24) is 10.6 Å². The van der Waals surface area contributed by atoms with Crippen LogP contribution in [-0.4, -0.2) is 58.9 Å². The molecule has 1 saturated heterocycles. The van der Waals surface area contributed by atoms with Crippen LogP contribution < -0.4 is 20.3 Å². The number of carbonyl (C=O) groups is 1. The van der Waals surface area contributed by atoms with Gasteiger partial charge >= 0.3 is 5.97 Å². The first kappa shape index (κ1) is 22.1. The lowest BCUT2D eigenvalue weighted by atomic mass is 10.2. The van der Waals surface area contributed by atoms with Crippen molar-refractivity contribution < 1.29 is 14.3 Å². The van der Waals surface area contributed by atoms with E-state index in [1.165, 1.54) is 7.11 Å². The van der Waals surface area contributed by atoms with E-state index in [4.69, 9.17) is 16.3 Å². The lowest BCUT2D eigenvalue weighted by Crippen LogP contribution is -2.44. The SMILES string of the molecule is CN=C(NCCCCCC(=O)OC)NC1CCN(c2cc(Cl)ccc2OC)C1. The second-order valence-corrected chi connectivity index (χ2v) is 7.21. The van der Waals surface area contributed by atoms with Gasteiger partial charge in [0.05, 0.1) is 19.9 Å². The smallest absolute Gasteiger partial charge is 0.305 e. The van der Waals surface area contributed by atoms with Gasteiger partial charge in [0.15, 0.2) is 5.96 Å². The van der Waals surface area contributed by atoms with E-state index in [0.29, 0.717) is 17.5 Å². The van der Waals surface area contributed by atoms with E-state index in [0.717, 1.165) is 62.7 Å². The van der Waals surface area contributed by atoms with Gasteiger partial charge in [0.1, 0.15) is 5.75 Å². The quantitative estimate of drug-likeness (QED) is 0.282. The zero-order chi connectivity index (χ0) is 20.4. The molecule has 1 aromatic carbocycles. The number of carbonyl (C=O) groups excluding carboxylic acids is 1. The van der Waals surface area contributed by atoms with Gasteiger partial charge in [-0.15, -0.1) is 0 Å². The molecule has 8 heteroatoms. The summed E-state index contributed by atoms with van der Waals surface area (Å²) in [6, 6.07) is 5.99. The predicted octanol–water partition coefficient (Wildman–Crippen LogP) is 2.83. The molecule has 1 aliphatic rings. The third-order valence-electron chi connectivity index (χ3n) is 4.81. The van der Waals surface area contributed by atoms with Crippen LogP contribution in [0.25, 0.3) is 0 Å². The molecule has 1 fully saturated rings. The monoisotopic (exact) mass is 410 g/mol. The van der Waals surface area contributed by atoms with E-state index < -0.39 is 0 Å². The number of halogens is 1. The summed E-state index contributed by atoms with van der Waals surface area (Å²) in [7, 11) is 4.88. The molecule has 1 heterocycles. The van der Waals surface area contributed by atoms with Gasteiger partial charge in [0, 0.05) is 44.2 Å². The van der Waals surface area contributed by atoms with E-state index in [2.05, 4.69) is 25.3 Å². The fraction of sp³-hybridized carbons (Fsp3) is 0.600. The van der Waals surface area contributed by atoms with Gasteiger partial charge in [0.2, 0.25) is 0 Å². The number of nitrogens with one attached hydrogen (secondary N) is 2. The second kappa shape index (κ2) is 11.6. The number of hydrogen-bond acceptors (Lipinski definition) is 5. The topological polar surface area (TPSA) is 75.2 Å². The maximum Gasteiger partial charge on any atom is 0.305 e. The van der Waals surface area contributed by atoms with E-state index >= 15 is 0 Å². The van der Waals surface area contributed by atoms with Crippen LogP contribution in [0.4, 0.5) is 5.69 Å². The van der Waals surface area contributed by atoms with E-state index in [1.54, 1.807) is 14.2 Å². The van der Waals surface area contributed by atoms with Crippen molar-refractivity contribution in [2.24, 2.45) is 4.99 Å². The van der Waals surface area contributed by atoms with Crippen LogP contribution in [0.1, 0.15) is 32.1 Å². The van der Waals surface area contributed by atoms with Gasteiger partial charge in [-0.25, -0.2) is 0 Å². The third-order valence-corrected chi connectivity index (χ3v) is 5.05. The number of nitrogens with zero attached hydrogens (tertiary/aromatic N) is 2. The van der Waals surface area contributed by atoms with Crippen molar-refractivity contribution in [3.63, 3.8) is 0 Å². The lowest BCUT2D eigenvalue weighted by molar-refractivity contribution is -0.140. The molecule has 0 aromatic heterocycles. The fourth-order valence-electron chi connectivity index (χ4n) is 3.28. The molecule has 28 heavy (non-hydrogen) atoms. The summed E-state index contributed by atoms with van der Waals surface area (Å²) in [6.07, 6.45) is 4.29. The van der Waals surface area contributed by atoms with E-state index in [1.807, 2.05) is 18.2 Å². The molecule has 1 unspecified atom stereocenters. The second-order valence-electron chi connectivity index (χ2n) is 6.78. The summed E-state index contributed by atoms with van der Waals surface area (Å²) in [5.74, 6) is 1.49. The Hall–Kier alpha value is -2.15. The number of guanidine groups is 1. The highest BCUT2D eigenvalue weighted by Gasteiger charge is 2.25. The molecular formula is C20H31ClN4O3. The minimum atomic E-state index is -0.146. The molecule has 2 rings (SSSR count). The maximum atomic E-state index is 11.1. The Morgan fingerprint density at radius 3 is 2.86 bits per heavy atom. The number of benzene rings is 1. The molecule has 0 aliphatic carbocycles. The fourth-order valence-corrected chi connectivity index (χ4v) is 3.44. The largest absolute Gasteiger partial charge is 0.495 e. The Morgan fingerprint density at radius 1 is 1.32 bits per heavy atom. The highest BCUT2D eigenvalue weighted by Crippen LogP contribution is 2.33. The zero-order valence-corrected chi connectivity index (χ0v) is 17.7. The number of esters is 1. The first-order valence-corrected chi connectivity index (χ1v) is 10.1. The molecule has 0 bridgehead atoms. The number of hydrogen-bond donors (Lipinski definition) is 2. The number of unbranched alkanes of at least 4 members (excludes halogenated alkanes) is 2. The molecule has 2 N–H and O–H groups in total. The average molecular weight is 411 g/mol. The molecule has 1 aliphatic heterocycles. The molecule has 0 saturated carbocycles. The Bertz CT molecular complexity index is 669. The number of anilines is 1. The van der Waals surface area contributed by atoms with Crippen molar-refractivity contribution in [3.8, 4) is 5.75 Å². The van der Waals surface area contributed by atoms with Gasteiger partial charge in [-0.3, -0.25) is 9.79 Å². The summed E-state index contributed by atoms with van der Waals surface area (Å²) in [5, 5.41) is 7.53. The summed E-state index contributed by atoms with van der Waals surface area (Å²) in [6.45, 7) is 2.61. The van der Waals surface area contributed by atoms with Gasteiger partial charge in [-0.2, -0.15) is 0 Å². The first-order valence-electron chi connectivity index (χ1n) is 9.70. The summed E-state index contributed by atoms with van der Waals surface area (Å²) >= 11 is 6.16. The van der Waals surface area contributed by atoms with Gasteiger partial charge in [-0.05, 0) is 37.5 Å². The lowest BCUT2D eigenvalue weighted by Gasteiger charge is -2.22. The highest BCUT2D eigenvalue weighted by atomic mass is 35.5. The number of methoxy groups -OCH3 is 2. The standard InChI is InChI=1S/C20H31ClN4O3/c1-22-20(23-11-6-4-5-7-19(26)28-3)24-16-10-12-25(14-16)17-13-15(21)8-9-18(17)27-2/h8-9,13,16H,4-7,10-12,14H2,1-3H3,(H2,22,23,24). The van der Waals surface area contributed by atoms with Crippen molar-refractivity contribution in [3.05, 3.63) is 23.2 Å². The zero-order valence-electron chi connectivity index (χ0n) is 17.0. The van der Waals surface area contributed by atoms with Gasteiger partial charge < -0.3 is 25.0 Å². The Labute approximate surface area is 172 Å². The summed E-state index contributed by atoms with van der Waals surface area (Å²) < 4.78 is 10.1. The molecule has 7 nitrogen and oxygen atoms in total. The van der Waals surface area contributed by atoms with Crippen molar-refractivity contribution in [1.29, 1.82) is 0 Å². The van der Waals surface area contributed by atoms with Crippen LogP contribution in [0.5, 0.6) is 5.75 Å². The van der Waals surface area contributed by atoms with Crippen LogP contribution >= 0.6 is 11.6 Å². The molecule has 156 valence electrons. The Kier molecular flexibility index (Phi) is 9.20. The molecule has 0 spiro atoms. The summed E-state index contributed by atoms with van der Waals surface area (Å²) in [5.41, 5.74) is 1.02. The maximum absolute atomic E-state index is 11.1. The van der Waals surface area contributed by atoms with Crippen LogP contribution in [0.2, 0.25) is 5.02 Å². The van der Waals surface area contributed by atoms with Crippen LogP contribution in [-0.2, 0) is 9.53 Å². The molecular weight excluding hydrogens is 380 g/mol. The Morgan fingerprint density at radius 2 is 2.14 bits per heavy atom. The molecule has 0 amide bonds. The molecule has 1 atom stereocenters. The average Bonchev–Trinajstić information content (AvgIpc) is 3.17. The van der Waals surface area contributed by atoms with Gasteiger partial charge in [-0.1, -0.05) is 18.0 Å². The number of ether oxygens (including phenoxy) is 2. The van der Waals surface area contributed by atoms with E-state index in [9.17, 15) is 4.79 Å². The molecule has 1 aromatic rings. The van der Waals surface area contributed by atoms with Crippen LogP contribution in [0, 0.1) is 0 Å². The Balaban J connectivity index is 1.74. The summed E-state index contributed by atoms with van der Waals surface area (Å²) in [4.78, 5) is 17.7.